The second-order valence-electron chi connectivity index (χ2n) is 10.1. The second kappa shape index (κ2) is 6.05. The Morgan fingerprint density at radius 2 is 1.96 bits per heavy atom. The number of Topliss-reactive ketones (excluding diaryl/α,β-unsaturated/α-hetero) is 1. The van der Waals surface area contributed by atoms with Gasteiger partial charge in [-0.15, -0.1) is 0 Å². The fourth-order valence-corrected chi connectivity index (χ4v) is 6.96. The number of carbonyl (C=O) groups excluding carboxylic acids is 2. The van der Waals surface area contributed by atoms with E-state index < -0.39 is 34.1 Å². The number of ether oxygens (including phenoxy) is 3. The van der Waals surface area contributed by atoms with E-state index in [2.05, 4.69) is 6.92 Å². The van der Waals surface area contributed by atoms with Crippen LogP contribution >= 0.6 is 0 Å². The fourth-order valence-electron chi connectivity index (χ4n) is 6.96. The largest absolute Gasteiger partial charge is 0.498 e. The molecule has 4 aliphatic rings. The van der Waals surface area contributed by atoms with Crippen LogP contribution in [0.3, 0.4) is 0 Å². The predicted octanol–water partition coefficient (Wildman–Crippen LogP) is 2.77. The van der Waals surface area contributed by atoms with E-state index >= 15 is 0 Å². The normalized spacial score (nSPS) is 49.3. The number of hydrogen-bond acceptors (Lipinski definition) is 6. The Morgan fingerprint density at radius 3 is 2.57 bits per heavy atom. The van der Waals surface area contributed by atoms with Crippen LogP contribution in [0.5, 0.6) is 0 Å². The number of hydrogen-bond donors (Lipinski definition) is 1. The molecule has 2 heterocycles. The molecule has 2 saturated carbocycles. The van der Waals surface area contributed by atoms with Crippen molar-refractivity contribution in [3.05, 3.63) is 12.3 Å². The summed E-state index contributed by atoms with van der Waals surface area (Å²) in [5, 5.41) is 11.1. The van der Waals surface area contributed by atoms with Crippen LogP contribution in [0.2, 0.25) is 0 Å². The molecule has 6 heteroatoms. The number of esters is 1. The molecule has 3 fully saturated rings. The minimum absolute atomic E-state index is 0.168. The zero-order chi connectivity index (χ0) is 20.5. The third kappa shape index (κ3) is 2.40. The molecule has 156 valence electrons. The molecular formula is C22H32O6. The van der Waals surface area contributed by atoms with Crippen LogP contribution in [0.4, 0.5) is 0 Å². The summed E-state index contributed by atoms with van der Waals surface area (Å²) in [7, 11) is 0. The van der Waals surface area contributed by atoms with Gasteiger partial charge in [0.2, 0.25) is 0 Å². The zero-order valence-electron chi connectivity index (χ0n) is 17.5. The number of carbonyl (C=O) groups is 2. The van der Waals surface area contributed by atoms with Crippen molar-refractivity contribution < 1.29 is 28.9 Å². The maximum atomic E-state index is 13.2. The van der Waals surface area contributed by atoms with E-state index in [0.717, 1.165) is 19.3 Å². The molecule has 0 unspecified atom stereocenters. The first-order valence-electron chi connectivity index (χ1n) is 10.4. The summed E-state index contributed by atoms with van der Waals surface area (Å²) in [6.07, 6.45) is 5.21. The molecule has 2 aliphatic carbocycles. The fraction of sp³-hybridized carbons (Fsp3) is 0.818. The highest BCUT2D eigenvalue weighted by molar-refractivity contribution is 5.88. The molecule has 4 rings (SSSR count). The summed E-state index contributed by atoms with van der Waals surface area (Å²) in [5.41, 5.74) is -2.12. The third-order valence-electron chi connectivity index (χ3n) is 8.35. The van der Waals surface area contributed by atoms with E-state index in [1.807, 2.05) is 26.8 Å². The molecule has 28 heavy (non-hydrogen) atoms. The van der Waals surface area contributed by atoms with Gasteiger partial charge < -0.3 is 19.3 Å². The van der Waals surface area contributed by atoms with Gasteiger partial charge in [0.25, 0.3) is 0 Å². The lowest BCUT2D eigenvalue weighted by Crippen LogP contribution is -2.72. The first-order chi connectivity index (χ1) is 13.0. The highest BCUT2D eigenvalue weighted by atomic mass is 16.6. The Kier molecular flexibility index (Phi) is 4.30. The highest BCUT2D eigenvalue weighted by Crippen LogP contribution is 2.67. The summed E-state index contributed by atoms with van der Waals surface area (Å²) >= 11 is 0. The van der Waals surface area contributed by atoms with Crippen LogP contribution < -0.4 is 0 Å². The van der Waals surface area contributed by atoms with E-state index in [9.17, 15) is 14.7 Å². The topological polar surface area (TPSA) is 82.1 Å². The molecule has 0 amide bonds. The Morgan fingerprint density at radius 1 is 1.25 bits per heavy atom. The van der Waals surface area contributed by atoms with Crippen LogP contribution in [0, 0.1) is 22.7 Å². The Bertz CT molecular complexity index is 729. The molecule has 0 bridgehead atoms. The van der Waals surface area contributed by atoms with Crippen molar-refractivity contribution in [1.82, 2.24) is 0 Å². The maximum Gasteiger partial charge on any atom is 0.302 e. The Labute approximate surface area is 166 Å². The first kappa shape index (κ1) is 19.9. The monoisotopic (exact) mass is 392 g/mol. The van der Waals surface area contributed by atoms with Crippen molar-refractivity contribution in [3.63, 3.8) is 0 Å². The molecule has 1 N–H and O–H groups in total. The first-order valence-corrected chi connectivity index (χ1v) is 10.4. The highest BCUT2D eigenvalue weighted by Gasteiger charge is 2.73. The van der Waals surface area contributed by atoms with Gasteiger partial charge in [-0.2, -0.15) is 0 Å². The van der Waals surface area contributed by atoms with Gasteiger partial charge >= 0.3 is 5.97 Å². The van der Waals surface area contributed by atoms with Crippen molar-refractivity contribution in [2.75, 3.05) is 6.61 Å². The lowest BCUT2D eigenvalue weighted by atomic mass is 9.42. The van der Waals surface area contributed by atoms with Gasteiger partial charge in [-0.05, 0) is 31.8 Å². The molecule has 2 spiro atoms. The predicted molar refractivity (Wildman–Crippen MR) is 101 cm³/mol. The quantitative estimate of drug-likeness (QED) is 0.691. The lowest BCUT2D eigenvalue weighted by Gasteiger charge is -2.65. The summed E-state index contributed by atoms with van der Waals surface area (Å²) in [4.78, 5) is 24.9. The number of aliphatic hydroxyl groups is 1. The number of fused-ring (bicyclic) bond motifs is 2. The van der Waals surface area contributed by atoms with Crippen molar-refractivity contribution in [2.24, 2.45) is 22.7 Å². The van der Waals surface area contributed by atoms with Crippen LogP contribution in [-0.2, 0) is 23.8 Å². The molecular weight excluding hydrogens is 360 g/mol. The van der Waals surface area contributed by atoms with Gasteiger partial charge in [-0.3, -0.25) is 9.59 Å². The molecule has 7 atom stereocenters. The second-order valence-corrected chi connectivity index (χ2v) is 10.1. The minimum Gasteiger partial charge on any atom is -0.498 e. The molecule has 0 aromatic heterocycles. The van der Waals surface area contributed by atoms with Gasteiger partial charge in [-0.1, -0.05) is 27.7 Å². The standard InChI is InChI=1S/C22H32O6/c1-13-16(24)17(25)18-19(3,4)15(27-14(2)23)6-7-20(18,5)22(13)9-8-21(28-22)10-11-26-12-21/h10-11,13,15,17-18,25H,6-9,12H2,1-5H3/t13-,15-,17-,18+,20+,21+,22-/m1/s1. The van der Waals surface area contributed by atoms with E-state index in [1.54, 1.807) is 6.26 Å². The van der Waals surface area contributed by atoms with E-state index in [1.165, 1.54) is 6.92 Å². The Balaban J connectivity index is 1.79. The number of ketones is 1. The van der Waals surface area contributed by atoms with Gasteiger partial charge in [0.05, 0.1) is 11.9 Å². The maximum absolute atomic E-state index is 13.2. The van der Waals surface area contributed by atoms with Crippen molar-refractivity contribution >= 4 is 11.8 Å². The van der Waals surface area contributed by atoms with Gasteiger partial charge in [0.15, 0.2) is 5.78 Å². The summed E-state index contributed by atoms with van der Waals surface area (Å²) in [6.45, 7) is 9.95. The molecule has 0 radical (unpaired) electrons. The van der Waals surface area contributed by atoms with Crippen molar-refractivity contribution in [1.29, 1.82) is 0 Å². The number of aliphatic hydroxyl groups excluding tert-OH is 1. The smallest absolute Gasteiger partial charge is 0.302 e. The molecule has 6 nitrogen and oxygen atoms in total. The van der Waals surface area contributed by atoms with E-state index in [0.29, 0.717) is 13.0 Å². The average molecular weight is 392 g/mol. The molecule has 0 aromatic rings. The summed E-state index contributed by atoms with van der Waals surface area (Å²) in [6, 6.07) is 0. The molecule has 0 aromatic carbocycles. The number of rotatable bonds is 1. The van der Waals surface area contributed by atoms with E-state index in [-0.39, 0.29) is 23.8 Å². The summed E-state index contributed by atoms with van der Waals surface area (Å²) in [5.74, 6) is -1.26. The molecule has 2 aliphatic heterocycles. The van der Waals surface area contributed by atoms with Crippen LogP contribution in [-0.4, -0.2) is 46.9 Å². The van der Waals surface area contributed by atoms with Crippen LogP contribution in [0.1, 0.15) is 60.3 Å². The zero-order valence-corrected chi connectivity index (χ0v) is 17.5. The Hall–Kier alpha value is -1.40. The van der Waals surface area contributed by atoms with Crippen molar-refractivity contribution in [3.8, 4) is 0 Å². The van der Waals surface area contributed by atoms with E-state index in [4.69, 9.17) is 14.2 Å². The van der Waals surface area contributed by atoms with Gasteiger partial charge in [0, 0.05) is 29.6 Å². The lowest BCUT2D eigenvalue weighted by molar-refractivity contribution is -0.268. The molecule has 1 saturated heterocycles. The third-order valence-corrected chi connectivity index (χ3v) is 8.35. The van der Waals surface area contributed by atoms with Gasteiger partial charge in [0.1, 0.15) is 24.4 Å². The summed E-state index contributed by atoms with van der Waals surface area (Å²) < 4.78 is 17.9. The average Bonchev–Trinajstić information content (AvgIpc) is 3.23. The van der Waals surface area contributed by atoms with Gasteiger partial charge in [-0.25, -0.2) is 0 Å². The van der Waals surface area contributed by atoms with Crippen LogP contribution in [0.25, 0.3) is 0 Å². The SMILES string of the molecule is CC(=O)O[C@@H]1CC[C@@]2(C)[C@@H]([C@H](O)C(=O)[C@@H](C)[C@]23CC[C@@]2(C=COC2)O3)C1(C)C. The minimum atomic E-state index is -1.09. The van der Waals surface area contributed by atoms with Crippen LogP contribution in [0.15, 0.2) is 12.3 Å². The van der Waals surface area contributed by atoms with Crippen molar-refractivity contribution in [2.45, 2.75) is 83.7 Å².